The molecular weight excluding hydrogens is 349 g/mol. The molecule has 2 aromatic rings. The maximum absolute atomic E-state index is 14.6. The van der Waals surface area contributed by atoms with Crippen molar-refractivity contribution in [1.82, 2.24) is 10.3 Å². The van der Waals surface area contributed by atoms with Crippen molar-refractivity contribution in [3.05, 3.63) is 46.9 Å². The Hall–Kier alpha value is -2.54. The average Bonchev–Trinajstić information content (AvgIpc) is 3.34. The molecule has 1 aromatic heterocycles. The minimum atomic E-state index is -0.462. The van der Waals surface area contributed by atoms with E-state index in [1.807, 2.05) is 0 Å². The van der Waals surface area contributed by atoms with Crippen molar-refractivity contribution >= 4 is 23.4 Å². The summed E-state index contributed by atoms with van der Waals surface area (Å²) in [6, 6.07) is 5.79. The molecule has 25 heavy (non-hydrogen) atoms. The molecule has 6 nitrogen and oxygen atoms in total. The second-order valence-electron chi connectivity index (χ2n) is 5.61. The molecule has 1 saturated carbocycles. The molecule has 1 aliphatic carbocycles. The van der Waals surface area contributed by atoms with Crippen LogP contribution in [0, 0.1) is 5.82 Å². The minimum absolute atomic E-state index is 0.149. The summed E-state index contributed by atoms with van der Waals surface area (Å²) in [5.74, 6) is 0.331. The van der Waals surface area contributed by atoms with Gasteiger partial charge in [0.25, 0.3) is 0 Å². The Kier molecular flexibility index (Phi) is 4.94. The maximum Gasteiger partial charge on any atom is 0.320 e. The monoisotopic (exact) mass is 365 g/mol. The van der Waals surface area contributed by atoms with Gasteiger partial charge in [-0.25, -0.2) is 14.2 Å². The highest BCUT2D eigenvalue weighted by Crippen LogP contribution is 2.47. The predicted octanol–water partition coefficient (Wildman–Crippen LogP) is 3.57. The molecule has 0 aliphatic heterocycles. The standard InChI is InChI=1S/C17H17ClFN3O3/c1-24-12-4-5-13(25-2)16(19)15(12)10-7-11(10)21-17(23)22-14-6-3-9(18)8-20-14/h3-6,8,10-11H,7H2,1-2H3,(H2,20,21,22,23)/t10-,11+/m0/s1. The second-order valence-corrected chi connectivity index (χ2v) is 6.04. The van der Waals surface area contributed by atoms with Crippen molar-refractivity contribution in [2.75, 3.05) is 19.5 Å². The van der Waals surface area contributed by atoms with E-state index in [0.29, 0.717) is 28.6 Å². The molecular formula is C17H17ClFN3O3. The number of aromatic nitrogens is 1. The molecule has 3 rings (SSSR count). The number of carbonyl (C=O) groups is 1. The fraction of sp³-hybridized carbons (Fsp3) is 0.294. The molecule has 0 saturated heterocycles. The first kappa shape index (κ1) is 17.3. The van der Waals surface area contributed by atoms with E-state index in [9.17, 15) is 9.18 Å². The minimum Gasteiger partial charge on any atom is -0.496 e. The van der Waals surface area contributed by atoms with Gasteiger partial charge in [0.15, 0.2) is 11.6 Å². The number of ether oxygens (including phenoxy) is 2. The largest absolute Gasteiger partial charge is 0.496 e. The Balaban J connectivity index is 1.66. The average molecular weight is 366 g/mol. The summed E-state index contributed by atoms with van der Waals surface area (Å²) in [5, 5.41) is 5.88. The molecule has 2 N–H and O–H groups in total. The lowest BCUT2D eigenvalue weighted by atomic mass is 10.1. The quantitative estimate of drug-likeness (QED) is 0.849. The third-order valence-electron chi connectivity index (χ3n) is 3.99. The number of hydrogen-bond donors (Lipinski definition) is 2. The number of hydrogen-bond acceptors (Lipinski definition) is 4. The Bertz CT molecular complexity index is 785. The molecule has 1 aromatic carbocycles. The summed E-state index contributed by atoms with van der Waals surface area (Å²) in [5.41, 5.74) is 0.414. The van der Waals surface area contributed by atoms with Crippen molar-refractivity contribution in [3.8, 4) is 11.5 Å². The van der Waals surface area contributed by atoms with Gasteiger partial charge in [-0.15, -0.1) is 0 Å². The highest BCUT2D eigenvalue weighted by molar-refractivity contribution is 6.30. The smallest absolute Gasteiger partial charge is 0.320 e. The Morgan fingerprint density at radius 1 is 1.24 bits per heavy atom. The first-order valence-corrected chi connectivity index (χ1v) is 8.00. The summed E-state index contributed by atoms with van der Waals surface area (Å²) in [6.45, 7) is 0. The fourth-order valence-corrected chi connectivity index (χ4v) is 2.79. The van der Waals surface area contributed by atoms with Crippen molar-refractivity contribution in [2.45, 2.75) is 18.4 Å². The number of anilines is 1. The number of methoxy groups -OCH3 is 2. The van der Waals surface area contributed by atoms with Gasteiger partial charge >= 0.3 is 6.03 Å². The van der Waals surface area contributed by atoms with E-state index in [2.05, 4.69) is 15.6 Å². The first-order chi connectivity index (χ1) is 12.0. The topological polar surface area (TPSA) is 72.5 Å². The van der Waals surface area contributed by atoms with E-state index in [-0.39, 0.29) is 17.7 Å². The fourth-order valence-electron chi connectivity index (χ4n) is 2.68. The number of urea groups is 1. The van der Waals surface area contributed by atoms with E-state index < -0.39 is 11.8 Å². The van der Waals surface area contributed by atoms with Gasteiger partial charge in [-0.3, -0.25) is 5.32 Å². The molecule has 1 heterocycles. The van der Waals surface area contributed by atoms with Crippen LogP contribution in [-0.4, -0.2) is 31.3 Å². The van der Waals surface area contributed by atoms with Gasteiger partial charge in [0, 0.05) is 23.7 Å². The molecule has 1 fully saturated rings. The van der Waals surface area contributed by atoms with E-state index in [0.717, 1.165) is 0 Å². The summed E-state index contributed by atoms with van der Waals surface area (Å²) in [6.07, 6.45) is 2.05. The van der Waals surface area contributed by atoms with E-state index >= 15 is 0 Å². The second kappa shape index (κ2) is 7.14. The molecule has 132 valence electrons. The third-order valence-corrected chi connectivity index (χ3v) is 4.21. The number of rotatable bonds is 5. The zero-order valence-electron chi connectivity index (χ0n) is 13.7. The molecule has 2 amide bonds. The van der Waals surface area contributed by atoms with Crippen LogP contribution in [0.5, 0.6) is 11.5 Å². The van der Waals surface area contributed by atoms with Gasteiger partial charge < -0.3 is 14.8 Å². The lowest BCUT2D eigenvalue weighted by Gasteiger charge is -2.13. The van der Waals surface area contributed by atoms with Crippen LogP contribution in [0.15, 0.2) is 30.5 Å². The molecule has 2 atom stereocenters. The Morgan fingerprint density at radius 3 is 2.60 bits per heavy atom. The van der Waals surface area contributed by atoms with Gasteiger partial charge in [-0.05, 0) is 30.7 Å². The van der Waals surface area contributed by atoms with Crippen LogP contribution in [0.1, 0.15) is 17.9 Å². The van der Waals surface area contributed by atoms with Crippen molar-refractivity contribution in [3.63, 3.8) is 0 Å². The molecule has 1 aliphatic rings. The first-order valence-electron chi connectivity index (χ1n) is 7.63. The number of nitrogens with one attached hydrogen (secondary N) is 2. The molecule has 0 unspecified atom stereocenters. The number of pyridine rings is 1. The number of nitrogens with zero attached hydrogens (tertiary/aromatic N) is 1. The van der Waals surface area contributed by atoms with Crippen LogP contribution in [0.4, 0.5) is 15.0 Å². The Morgan fingerprint density at radius 2 is 1.96 bits per heavy atom. The number of amides is 2. The van der Waals surface area contributed by atoms with Gasteiger partial charge in [0.1, 0.15) is 11.6 Å². The van der Waals surface area contributed by atoms with E-state index in [1.54, 1.807) is 18.2 Å². The lowest BCUT2D eigenvalue weighted by molar-refractivity contribution is 0.251. The lowest BCUT2D eigenvalue weighted by Crippen LogP contribution is -2.31. The molecule has 0 radical (unpaired) electrons. The van der Waals surface area contributed by atoms with Gasteiger partial charge in [-0.2, -0.15) is 0 Å². The van der Waals surface area contributed by atoms with Crippen LogP contribution in [0.25, 0.3) is 0 Å². The normalized spacial score (nSPS) is 18.4. The zero-order valence-corrected chi connectivity index (χ0v) is 14.4. The highest BCUT2D eigenvalue weighted by atomic mass is 35.5. The van der Waals surface area contributed by atoms with Crippen LogP contribution in [0.2, 0.25) is 5.02 Å². The SMILES string of the molecule is COc1ccc(OC)c([C@H]2C[C@H]2NC(=O)Nc2ccc(Cl)cn2)c1F. The van der Waals surface area contributed by atoms with Crippen LogP contribution in [-0.2, 0) is 0 Å². The van der Waals surface area contributed by atoms with Crippen LogP contribution < -0.4 is 20.1 Å². The van der Waals surface area contributed by atoms with Crippen molar-refractivity contribution in [1.29, 1.82) is 0 Å². The molecule has 0 spiro atoms. The maximum atomic E-state index is 14.6. The predicted molar refractivity (Wildman–Crippen MR) is 92.1 cm³/mol. The molecule has 8 heteroatoms. The van der Waals surface area contributed by atoms with Gasteiger partial charge in [0.2, 0.25) is 0 Å². The number of benzene rings is 1. The summed E-state index contributed by atoms with van der Waals surface area (Å²) < 4.78 is 24.8. The molecule has 0 bridgehead atoms. The van der Waals surface area contributed by atoms with E-state index in [1.165, 1.54) is 26.5 Å². The van der Waals surface area contributed by atoms with Crippen molar-refractivity contribution < 1.29 is 18.7 Å². The third kappa shape index (κ3) is 3.76. The summed E-state index contributed by atoms with van der Waals surface area (Å²) >= 11 is 5.75. The number of carbonyl (C=O) groups excluding carboxylic acids is 1. The van der Waals surface area contributed by atoms with Gasteiger partial charge in [-0.1, -0.05) is 11.6 Å². The highest BCUT2D eigenvalue weighted by Gasteiger charge is 2.43. The summed E-state index contributed by atoms with van der Waals surface area (Å²) in [7, 11) is 2.89. The van der Waals surface area contributed by atoms with Gasteiger partial charge in [0.05, 0.1) is 19.2 Å². The van der Waals surface area contributed by atoms with Crippen LogP contribution in [0.3, 0.4) is 0 Å². The van der Waals surface area contributed by atoms with E-state index in [4.69, 9.17) is 21.1 Å². The summed E-state index contributed by atoms with van der Waals surface area (Å²) in [4.78, 5) is 16.0. The Labute approximate surface area is 149 Å². The van der Waals surface area contributed by atoms with Crippen LogP contribution >= 0.6 is 11.6 Å². The zero-order chi connectivity index (χ0) is 18.0. The van der Waals surface area contributed by atoms with Crippen molar-refractivity contribution in [2.24, 2.45) is 0 Å². The number of halogens is 2.